The molecule has 2 rings (SSSR count). The number of hydrogen-bond donors (Lipinski definition) is 1. The number of likely N-dealkylation sites (tertiary alicyclic amines) is 1. The topological polar surface area (TPSA) is 29.3 Å². The minimum atomic E-state index is 0.380. The monoisotopic (exact) mass is 246 g/mol. The highest BCUT2D eigenvalue weighted by atomic mass is 15.1. The zero-order chi connectivity index (χ0) is 13.0. The van der Waals surface area contributed by atoms with E-state index in [0.717, 1.165) is 13.0 Å². The molecular weight excluding hydrogens is 220 g/mol. The molecular formula is C16H26N2. The predicted molar refractivity (Wildman–Crippen MR) is 77.4 cm³/mol. The number of aryl methyl sites for hydroxylation is 1. The third-order valence-electron chi connectivity index (χ3n) is 4.11. The molecule has 2 heteroatoms. The lowest BCUT2D eigenvalue weighted by molar-refractivity contribution is 0.149. The zero-order valence-corrected chi connectivity index (χ0v) is 11.7. The number of piperidine rings is 1. The van der Waals surface area contributed by atoms with E-state index in [-0.39, 0.29) is 0 Å². The lowest BCUT2D eigenvalue weighted by atomic mass is 9.89. The second-order valence-electron chi connectivity index (χ2n) is 5.70. The van der Waals surface area contributed by atoms with Crippen molar-refractivity contribution >= 4 is 0 Å². The van der Waals surface area contributed by atoms with Crippen LogP contribution in [-0.2, 0) is 6.54 Å². The molecule has 1 aliphatic rings. The van der Waals surface area contributed by atoms with Crippen LogP contribution in [0.4, 0.5) is 0 Å². The maximum Gasteiger partial charge on any atom is 0.0233 e. The van der Waals surface area contributed by atoms with Crippen LogP contribution in [0.2, 0.25) is 0 Å². The van der Waals surface area contributed by atoms with Crippen molar-refractivity contribution < 1.29 is 0 Å². The Morgan fingerprint density at radius 3 is 3.00 bits per heavy atom. The summed E-state index contributed by atoms with van der Waals surface area (Å²) in [5, 5.41) is 0. The highest BCUT2D eigenvalue weighted by molar-refractivity contribution is 5.22. The van der Waals surface area contributed by atoms with Gasteiger partial charge in [0.05, 0.1) is 0 Å². The van der Waals surface area contributed by atoms with Gasteiger partial charge in [-0.3, -0.25) is 4.90 Å². The van der Waals surface area contributed by atoms with Crippen molar-refractivity contribution in [3.63, 3.8) is 0 Å². The average molecular weight is 246 g/mol. The number of nitrogens with zero attached hydrogens (tertiary/aromatic N) is 1. The SMILES string of the molecule is CCC(N)C1CCCN(Cc2cccc(C)c2)C1. The predicted octanol–water partition coefficient (Wildman–Crippen LogP) is 2.94. The molecule has 0 saturated carbocycles. The molecule has 0 aliphatic carbocycles. The molecule has 18 heavy (non-hydrogen) atoms. The standard InChI is InChI=1S/C16H26N2/c1-3-16(17)15-8-5-9-18(12-15)11-14-7-4-6-13(2)10-14/h4,6-7,10,15-16H,3,5,8-9,11-12,17H2,1-2H3. The van der Waals surface area contributed by atoms with Gasteiger partial charge in [0.2, 0.25) is 0 Å². The Morgan fingerprint density at radius 2 is 2.28 bits per heavy atom. The van der Waals surface area contributed by atoms with Gasteiger partial charge in [-0.25, -0.2) is 0 Å². The molecule has 2 unspecified atom stereocenters. The van der Waals surface area contributed by atoms with Crippen LogP contribution in [0.5, 0.6) is 0 Å². The minimum absolute atomic E-state index is 0.380. The molecule has 2 atom stereocenters. The Bertz CT molecular complexity index is 375. The van der Waals surface area contributed by atoms with Crippen molar-refractivity contribution in [3.05, 3.63) is 35.4 Å². The van der Waals surface area contributed by atoms with Gasteiger partial charge in [-0.1, -0.05) is 36.8 Å². The summed E-state index contributed by atoms with van der Waals surface area (Å²) in [4.78, 5) is 2.57. The van der Waals surface area contributed by atoms with Crippen molar-refractivity contribution in [3.8, 4) is 0 Å². The Kier molecular flexibility index (Phi) is 4.79. The van der Waals surface area contributed by atoms with Crippen molar-refractivity contribution in [2.24, 2.45) is 11.7 Å². The van der Waals surface area contributed by atoms with E-state index in [1.165, 1.54) is 37.1 Å². The second kappa shape index (κ2) is 6.35. The first-order valence-electron chi connectivity index (χ1n) is 7.22. The van der Waals surface area contributed by atoms with Crippen molar-refractivity contribution in [1.82, 2.24) is 4.90 Å². The van der Waals surface area contributed by atoms with Crippen LogP contribution in [0.3, 0.4) is 0 Å². The molecule has 0 aromatic heterocycles. The van der Waals surface area contributed by atoms with E-state index in [2.05, 4.69) is 43.0 Å². The Hall–Kier alpha value is -0.860. The van der Waals surface area contributed by atoms with Gasteiger partial charge >= 0.3 is 0 Å². The van der Waals surface area contributed by atoms with Crippen molar-refractivity contribution in [2.75, 3.05) is 13.1 Å². The van der Waals surface area contributed by atoms with Gasteiger partial charge in [0, 0.05) is 19.1 Å². The molecule has 2 nitrogen and oxygen atoms in total. The molecule has 1 aliphatic heterocycles. The summed E-state index contributed by atoms with van der Waals surface area (Å²) >= 11 is 0. The second-order valence-corrected chi connectivity index (χ2v) is 5.70. The van der Waals surface area contributed by atoms with Crippen LogP contribution in [0.1, 0.15) is 37.3 Å². The fraction of sp³-hybridized carbons (Fsp3) is 0.625. The van der Waals surface area contributed by atoms with Crippen LogP contribution in [0.15, 0.2) is 24.3 Å². The van der Waals surface area contributed by atoms with Crippen LogP contribution >= 0.6 is 0 Å². The lowest BCUT2D eigenvalue weighted by Crippen LogP contribution is -2.42. The Balaban J connectivity index is 1.93. The van der Waals surface area contributed by atoms with Crippen LogP contribution in [0.25, 0.3) is 0 Å². The molecule has 1 saturated heterocycles. The number of hydrogen-bond acceptors (Lipinski definition) is 2. The fourth-order valence-electron chi connectivity index (χ4n) is 2.99. The Labute approximate surface area is 111 Å². The molecule has 1 fully saturated rings. The number of nitrogens with two attached hydrogens (primary N) is 1. The first kappa shape index (κ1) is 13.6. The van der Waals surface area contributed by atoms with E-state index in [0.29, 0.717) is 12.0 Å². The van der Waals surface area contributed by atoms with E-state index in [9.17, 15) is 0 Å². The smallest absolute Gasteiger partial charge is 0.0233 e. The zero-order valence-electron chi connectivity index (χ0n) is 11.7. The molecule has 2 N–H and O–H groups in total. The molecule has 0 radical (unpaired) electrons. The third-order valence-corrected chi connectivity index (χ3v) is 4.11. The van der Waals surface area contributed by atoms with Crippen LogP contribution in [-0.4, -0.2) is 24.0 Å². The van der Waals surface area contributed by atoms with Gasteiger partial charge in [0.1, 0.15) is 0 Å². The fourth-order valence-corrected chi connectivity index (χ4v) is 2.99. The van der Waals surface area contributed by atoms with E-state index >= 15 is 0 Å². The lowest BCUT2D eigenvalue weighted by Gasteiger charge is -2.35. The Morgan fingerprint density at radius 1 is 1.44 bits per heavy atom. The summed E-state index contributed by atoms with van der Waals surface area (Å²) in [6.45, 7) is 7.83. The van der Waals surface area contributed by atoms with E-state index in [4.69, 9.17) is 5.73 Å². The summed E-state index contributed by atoms with van der Waals surface area (Å²) < 4.78 is 0. The minimum Gasteiger partial charge on any atom is -0.327 e. The van der Waals surface area contributed by atoms with Crippen LogP contribution in [0, 0.1) is 12.8 Å². The normalized spacial score (nSPS) is 22.9. The third kappa shape index (κ3) is 3.56. The highest BCUT2D eigenvalue weighted by Crippen LogP contribution is 2.22. The highest BCUT2D eigenvalue weighted by Gasteiger charge is 2.23. The maximum atomic E-state index is 6.20. The van der Waals surface area contributed by atoms with E-state index in [1.54, 1.807) is 0 Å². The summed E-state index contributed by atoms with van der Waals surface area (Å²) in [6.07, 6.45) is 3.70. The largest absolute Gasteiger partial charge is 0.327 e. The summed E-state index contributed by atoms with van der Waals surface area (Å²) in [5.74, 6) is 0.688. The van der Waals surface area contributed by atoms with E-state index in [1.807, 2.05) is 0 Å². The van der Waals surface area contributed by atoms with Crippen molar-refractivity contribution in [2.45, 2.75) is 45.7 Å². The number of rotatable bonds is 4. The van der Waals surface area contributed by atoms with Gasteiger partial charge in [-0.15, -0.1) is 0 Å². The van der Waals surface area contributed by atoms with Gasteiger partial charge in [-0.05, 0) is 44.2 Å². The maximum absolute atomic E-state index is 6.20. The molecule has 0 spiro atoms. The van der Waals surface area contributed by atoms with Crippen molar-refractivity contribution in [1.29, 1.82) is 0 Å². The summed E-state index contributed by atoms with van der Waals surface area (Å²) in [7, 11) is 0. The molecule has 0 amide bonds. The molecule has 100 valence electrons. The van der Waals surface area contributed by atoms with Gasteiger partial charge in [0.15, 0.2) is 0 Å². The first-order chi connectivity index (χ1) is 8.69. The van der Waals surface area contributed by atoms with Crippen LogP contribution < -0.4 is 5.73 Å². The van der Waals surface area contributed by atoms with E-state index < -0.39 is 0 Å². The quantitative estimate of drug-likeness (QED) is 0.885. The summed E-state index contributed by atoms with van der Waals surface area (Å²) in [5.41, 5.74) is 8.99. The molecule has 0 bridgehead atoms. The first-order valence-corrected chi connectivity index (χ1v) is 7.22. The number of benzene rings is 1. The van der Waals surface area contributed by atoms with Gasteiger partial charge < -0.3 is 5.73 Å². The molecule has 1 aromatic rings. The average Bonchev–Trinajstić information content (AvgIpc) is 2.38. The van der Waals surface area contributed by atoms with Gasteiger partial charge in [-0.2, -0.15) is 0 Å². The molecule has 1 heterocycles. The molecule has 1 aromatic carbocycles. The van der Waals surface area contributed by atoms with Gasteiger partial charge in [0.25, 0.3) is 0 Å². The summed E-state index contributed by atoms with van der Waals surface area (Å²) in [6, 6.07) is 9.23.